The van der Waals surface area contributed by atoms with E-state index in [-0.39, 0.29) is 6.42 Å². The molecule has 0 aromatic heterocycles. The topological polar surface area (TPSA) is 81.8 Å². The minimum Gasteiger partial charge on any atom is -0.371 e. The van der Waals surface area contributed by atoms with Crippen molar-refractivity contribution in [2.24, 2.45) is 0 Å². The van der Waals surface area contributed by atoms with Gasteiger partial charge in [0.2, 0.25) is 0 Å². The van der Waals surface area contributed by atoms with Crippen LogP contribution in [0.2, 0.25) is 0 Å². The molecule has 1 rings (SSSR count). The van der Waals surface area contributed by atoms with Gasteiger partial charge < -0.3 is 14.6 Å². The van der Waals surface area contributed by atoms with E-state index in [4.69, 9.17) is 9.47 Å². The van der Waals surface area contributed by atoms with Crippen LogP contribution in [0.25, 0.3) is 0 Å². The van der Waals surface area contributed by atoms with E-state index < -0.39 is 29.0 Å². The molecule has 1 aliphatic heterocycles. The van der Waals surface area contributed by atoms with E-state index >= 15 is 0 Å². The molecule has 14 heavy (non-hydrogen) atoms. The van der Waals surface area contributed by atoms with Gasteiger partial charge in [-0.05, 0) is 6.92 Å². The third-order valence-electron chi connectivity index (χ3n) is 2.67. The lowest BCUT2D eigenvalue weighted by atomic mass is 9.86. The first kappa shape index (κ1) is 11.4. The van der Waals surface area contributed by atoms with Crippen molar-refractivity contribution in [2.75, 3.05) is 7.11 Å². The number of aliphatic hydroxyl groups excluding tert-OH is 1. The molecule has 0 amide bonds. The van der Waals surface area contributed by atoms with Gasteiger partial charge >= 0.3 is 0 Å². The maximum atomic E-state index is 10.9. The van der Waals surface area contributed by atoms with Crippen molar-refractivity contribution in [2.45, 2.75) is 44.3 Å². The third-order valence-corrected chi connectivity index (χ3v) is 2.67. The summed E-state index contributed by atoms with van der Waals surface area (Å²) in [6, 6.07) is 0. The maximum Gasteiger partial charge on any atom is 0.252 e. The Hall–Kier alpha value is -0.720. The monoisotopic (exact) mass is 205 g/mol. The van der Waals surface area contributed by atoms with Crippen molar-refractivity contribution in [3.8, 4) is 0 Å². The maximum absolute atomic E-state index is 10.9. The molecule has 82 valence electrons. The van der Waals surface area contributed by atoms with Gasteiger partial charge in [0.25, 0.3) is 5.54 Å². The molecule has 0 bridgehead atoms. The van der Waals surface area contributed by atoms with Crippen LogP contribution in [0.5, 0.6) is 0 Å². The Balaban J connectivity index is 2.93. The Morgan fingerprint density at radius 1 is 1.71 bits per heavy atom. The normalized spacial score (nSPS) is 43.6. The van der Waals surface area contributed by atoms with Gasteiger partial charge in [-0.25, -0.2) is 0 Å². The summed E-state index contributed by atoms with van der Waals surface area (Å²) in [5.74, 6) is 0. The van der Waals surface area contributed by atoms with Gasteiger partial charge in [-0.15, -0.1) is 0 Å². The molecule has 0 saturated carbocycles. The summed E-state index contributed by atoms with van der Waals surface area (Å²) in [7, 11) is 1.41. The summed E-state index contributed by atoms with van der Waals surface area (Å²) in [6.45, 7) is 3.11. The Morgan fingerprint density at radius 2 is 2.29 bits per heavy atom. The van der Waals surface area contributed by atoms with Crippen molar-refractivity contribution in [3.63, 3.8) is 0 Å². The van der Waals surface area contributed by atoms with E-state index in [1.54, 1.807) is 6.92 Å². The van der Waals surface area contributed by atoms with Gasteiger partial charge in [-0.2, -0.15) is 0 Å². The van der Waals surface area contributed by atoms with Crippen LogP contribution < -0.4 is 0 Å². The van der Waals surface area contributed by atoms with Crippen molar-refractivity contribution in [1.29, 1.82) is 0 Å². The lowest BCUT2D eigenvalue weighted by Gasteiger charge is -2.39. The Kier molecular flexibility index (Phi) is 3.08. The van der Waals surface area contributed by atoms with Crippen LogP contribution in [0.15, 0.2) is 0 Å². The van der Waals surface area contributed by atoms with Crippen LogP contribution in [0.3, 0.4) is 0 Å². The molecule has 6 nitrogen and oxygen atoms in total. The van der Waals surface area contributed by atoms with Gasteiger partial charge in [0.05, 0.1) is 12.5 Å². The highest BCUT2D eigenvalue weighted by atomic mass is 16.7. The number of aliphatic hydroxyl groups is 1. The SMILES string of the molecule is CO[C@H]1[C@H](C)O[C@H](O)C[C@]1(C)[N+](=O)[O-]. The van der Waals surface area contributed by atoms with Crippen LogP contribution in [-0.4, -0.2) is 41.2 Å². The zero-order valence-electron chi connectivity index (χ0n) is 8.47. The van der Waals surface area contributed by atoms with E-state index in [1.807, 2.05) is 0 Å². The van der Waals surface area contributed by atoms with Crippen LogP contribution in [0.1, 0.15) is 20.3 Å². The van der Waals surface area contributed by atoms with Crippen LogP contribution in [0, 0.1) is 10.1 Å². The van der Waals surface area contributed by atoms with Crippen molar-refractivity contribution in [3.05, 3.63) is 10.1 Å². The van der Waals surface area contributed by atoms with Crippen molar-refractivity contribution in [1.82, 2.24) is 0 Å². The average Bonchev–Trinajstić information content (AvgIpc) is 2.02. The molecule has 1 saturated heterocycles. The fourth-order valence-electron chi connectivity index (χ4n) is 1.97. The quantitative estimate of drug-likeness (QED) is 0.513. The van der Waals surface area contributed by atoms with Crippen LogP contribution in [0.4, 0.5) is 0 Å². The molecular formula is C8H15NO5. The summed E-state index contributed by atoms with van der Waals surface area (Å²) in [6.07, 6.45) is -2.27. The van der Waals surface area contributed by atoms with Crippen LogP contribution in [-0.2, 0) is 9.47 Å². The Bertz CT molecular complexity index is 234. The van der Waals surface area contributed by atoms with E-state index in [2.05, 4.69) is 0 Å². The minimum atomic E-state index is -1.29. The van der Waals surface area contributed by atoms with Gasteiger partial charge in [0, 0.05) is 19.0 Å². The molecular weight excluding hydrogens is 190 g/mol. The summed E-state index contributed by atoms with van der Waals surface area (Å²) in [5, 5.41) is 20.2. The zero-order chi connectivity index (χ0) is 10.9. The summed E-state index contributed by atoms with van der Waals surface area (Å²) >= 11 is 0. The molecule has 0 aromatic carbocycles. The number of nitrogens with zero attached hydrogens (tertiary/aromatic N) is 1. The Morgan fingerprint density at radius 3 is 2.71 bits per heavy atom. The number of rotatable bonds is 2. The van der Waals surface area contributed by atoms with Crippen LogP contribution >= 0.6 is 0 Å². The minimum absolute atomic E-state index is 0.0527. The molecule has 0 spiro atoms. The molecule has 1 fully saturated rings. The number of ether oxygens (including phenoxy) is 2. The predicted molar refractivity (Wildman–Crippen MR) is 47.4 cm³/mol. The molecule has 4 atom stereocenters. The van der Waals surface area contributed by atoms with Crippen molar-refractivity contribution < 1.29 is 19.5 Å². The lowest BCUT2D eigenvalue weighted by molar-refractivity contribution is -0.594. The molecule has 1 heterocycles. The van der Waals surface area contributed by atoms with E-state index in [0.717, 1.165) is 0 Å². The van der Waals surface area contributed by atoms with E-state index in [0.29, 0.717) is 0 Å². The van der Waals surface area contributed by atoms with E-state index in [9.17, 15) is 15.2 Å². The molecule has 0 aromatic rings. The second-order valence-corrected chi connectivity index (χ2v) is 3.77. The molecule has 0 radical (unpaired) electrons. The molecule has 1 N–H and O–H groups in total. The highest BCUT2D eigenvalue weighted by molar-refractivity contribution is 4.92. The molecule has 1 aliphatic rings. The number of nitro groups is 1. The second kappa shape index (κ2) is 3.80. The number of methoxy groups -OCH3 is 1. The highest BCUT2D eigenvalue weighted by Crippen LogP contribution is 2.32. The van der Waals surface area contributed by atoms with E-state index in [1.165, 1.54) is 14.0 Å². The van der Waals surface area contributed by atoms with Crippen molar-refractivity contribution >= 4 is 0 Å². The van der Waals surface area contributed by atoms with Gasteiger partial charge in [-0.3, -0.25) is 10.1 Å². The lowest BCUT2D eigenvalue weighted by Crippen LogP contribution is -2.59. The first-order valence-corrected chi connectivity index (χ1v) is 4.42. The average molecular weight is 205 g/mol. The smallest absolute Gasteiger partial charge is 0.252 e. The first-order valence-electron chi connectivity index (χ1n) is 4.42. The highest BCUT2D eigenvalue weighted by Gasteiger charge is 2.54. The third kappa shape index (κ3) is 1.73. The number of hydrogen-bond donors (Lipinski definition) is 1. The molecule has 0 unspecified atom stereocenters. The van der Waals surface area contributed by atoms with Gasteiger partial charge in [0.1, 0.15) is 0 Å². The summed E-state index contributed by atoms with van der Waals surface area (Å²) < 4.78 is 10.1. The van der Waals surface area contributed by atoms with Gasteiger partial charge in [0.15, 0.2) is 12.4 Å². The fraction of sp³-hybridized carbons (Fsp3) is 1.00. The summed E-state index contributed by atoms with van der Waals surface area (Å²) in [5.41, 5.74) is -1.29. The molecule has 0 aliphatic carbocycles. The first-order chi connectivity index (χ1) is 6.41. The largest absolute Gasteiger partial charge is 0.371 e. The zero-order valence-corrected chi connectivity index (χ0v) is 8.47. The Labute approximate surface area is 82.0 Å². The molecule has 6 heteroatoms. The second-order valence-electron chi connectivity index (χ2n) is 3.77. The number of hydrogen-bond acceptors (Lipinski definition) is 5. The predicted octanol–water partition coefficient (Wildman–Crippen LogP) is 0.164. The van der Waals surface area contributed by atoms with Gasteiger partial charge in [-0.1, -0.05) is 0 Å². The standard InChI is InChI=1S/C8H15NO5/c1-5-7(13-3)8(2,9(11)12)4-6(10)14-5/h5-7,10H,4H2,1-3H3/t5-,6-,7-,8-/m0/s1. The fourth-order valence-corrected chi connectivity index (χ4v) is 1.97. The summed E-state index contributed by atoms with van der Waals surface area (Å²) in [4.78, 5) is 10.5.